The second-order valence-electron chi connectivity index (χ2n) is 1.37. The van der Waals surface area contributed by atoms with Gasteiger partial charge in [0.05, 0.1) is 6.42 Å². The van der Waals surface area contributed by atoms with Crippen molar-refractivity contribution in [1.82, 2.24) is 0 Å². The fourth-order valence-corrected chi connectivity index (χ4v) is 0.355. The zero-order chi connectivity index (χ0) is 7.28. The predicted octanol–water partition coefficient (Wildman–Crippen LogP) is 0.878. The molecule has 0 aromatic carbocycles. The molecule has 4 nitrogen and oxygen atoms in total. The molecule has 0 unspecified atom stereocenters. The van der Waals surface area contributed by atoms with Gasteiger partial charge in [0, 0.05) is 6.42 Å². The number of carboxylic acids is 1. The van der Waals surface area contributed by atoms with Gasteiger partial charge in [-0.05, 0) is 0 Å². The molecular weight excluding hydrogens is 146 g/mol. The maximum atomic E-state index is 9.82. The van der Waals surface area contributed by atoms with E-state index in [-0.39, 0.29) is 18.0 Å². The highest BCUT2D eigenvalue weighted by Gasteiger charge is 1.99. The second kappa shape index (κ2) is 4.14. The Balaban J connectivity index is 3.39. The summed E-state index contributed by atoms with van der Waals surface area (Å²) in [7, 11) is 0. The Bertz CT molecular complexity index is 134. The highest BCUT2D eigenvalue weighted by atomic mass is 35.5. The first-order valence-electron chi connectivity index (χ1n) is 2.25. The van der Waals surface area contributed by atoms with Gasteiger partial charge in [-0.3, -0.25) is 4.79 Å². The molecule has 0 bridgehead atoms. The van der Waals surface area contributed by atoms with Crippen molar-refractivity contribution in [2.45, 2.75) is 12.8 Å². The summed E-state index contributed by atoms with van der Waals surface area (Å²) in [5.41, 5.74) is 0. The standard InChI is InChI=1S/C4H6ClNO3/c5-3(6-9)1-2-4(7)8/h9H,1-2H2,(H,7,8). The van der Waals surface area contributed by atoms with E-state index < -0.39 is 5.97 Å². The summed E-state index contributed by atoms with van der Waals surface area (Å²) >= 11 is 5.15. The number of hydrogen-bond donors (Lipinski definition) is 2. The highest BCUT2D eigenvalue weighted by molar-refractivity contribution is 6.65. The smallest absolute Gasteiger partial charge is 0.303 e. The average molecular weight is 152 g/mol. The van der Waals surface area contributed by atoms with Gasteiger partial charge in [-0.2, -0.15) is 0 Å². The van der Waals surface area contributed by atoms with Crippen LogP contribution in [0.25, 0.3) is 0 Å². The van der Waals surface area contributed by atoms with Gasteiger partial charge in [0.15, 0.2) is 0 Å². The average Bonchev–Trinajstić information content (AvgIpc) is 1.83. The first kappa shape index (κ1) is 8.23. The van der Waals surface area contributed by atoms with Crippen LogP contribution in [0.5, 0.6) is 0 Å². The predicted molar refractivity (Wildman–Crippen MR) is 31.9 cm³/mol. The molecule has 0 aliphatic carbocycles. The Labute approximate surface area is 56.7 Å². The molecule has 0 atom stereocenters. The Hall–Kier alpha value is -0.770. The van der Waals surface area contributed by atoms with Gasteiger partial charge in [0.25, 0.3) is 0 Å². The molecule has 0 aliphatic heterocycles. The maximum absolute atomic E-state index is 9.82. The van der Waals surface area contributed by atoms with Crippen molar-refractivity contribution in [3.05, 3.63) is 0 Å². The van der Waals surface area contributed by atoms with Gasteiger partial charge in [-0.1, -0.05) is 16.8 Å². The van der Waals surface area contributed by atoms with Gasteiger partial charge in [0.2, 0.25) is 0 Å². The van der Waals surface area contributed by atoms with Crippen molar-refractivity contribution in [2.24, 2.45) is 5.16 Å². The minimum atomic E-state index is -0.961. The van der Waals surface area contributed by atoms with Crippen LogP contribution in [0, 0.1) is 0 Å². The Morgan fingerprint density at radius 1 is 1.56 bits per heavy atom. The molecule has 0 saturated carbocycles. The molecule has 52 valence electrons. The summed E-state index contributed by atoms with van der Waals surface area (Å²) in [5.74, 6) is -0.961. The van der Waals surface area contributed by atoms with E-state index in [1.807, 2.05) is 0 Å². The van der Waals surface area contributed by atoms with E-state index in [4.69, 9.17) is 21.9 Å². The summed E-state index contributed by atoms with van der Waals surface area (Å²) in [6.45, 7) is 0. The Morgan fingerprint density at radius 2 is 2.11 bits per heavy atom. The van der Waals surface area contributed by atoms with Crippen molar-refractivity contribution in [1.29, 1.82) is 0 Å². The van der Waals surface area contributed by atoms with Crippen molar-refractivity contribution >= 4 is 22.7 Å². The van der Waals surface area contributed by atoms with Gasteiger partial charge >= 0.3 is 5.97 Å². The van der Waals surface area contributed by atoms with Crippen LogP contribution < -0.4 is 0 Å². The van der Waals surface area contributed by atoms with Gasteiger partial charge in [-0.15, -0.1) is 0 Å². The lowest BCUT2D eigenvalue weighted by atomic mass is 10.3. The van der Waals surface area contributed by atoms with Crippen LogP contribution in [0.3, 0.4) is 0 Å². The molecule has 0 amide bonds. The summed E-state index contributed by atoms with van der Waals surface area (Å²) in [5, 5.41) is 18.5. The number of aliphatic carboxylic acids is 1. The molecule has 0 fully saturated rings. The summed E-state index contributed by atoms with van der Waals surface area (Å²) in [6.07, 6.45) is -0.0315. The molecule has 9 heavy (non-hydrogen) atoms. The normalized spacial score (nSPS) is 11.4. The third-order valence-corrected chi connectivity index (χ3v) is 0.918. The number of carbonyl (C=O) groups is 1. The van der Waals surface area contributed by atoms with Crippen LogP contribution in [0.1, 0.15) is 12.8 Å². The van der Waals surface area contributed by atoms with Gasteiger partial charge < -0.3 is 10.3 Å². The second-order valence-corrected chi connectivity index (χ2v) is 1.81. The highest BCUT2D eigenvalue weighted by Crippen LogP contribution is 1.96. The number of halogens is 1. The Kier molecular flexibility index (Phi) is 3.79. The first-order valence-corrected chi connectivity index (χ1v) is 2.63. The first-order chi connectivity index (χ1) is 4.16. The van der Waals surface area contributed by atoms with Crippen molar-refractivity contribution in [2.75, 3.05) is 0 Å². The molecule has 2 N–H and O–H groups in total. The molecule has 0 aromatic rings. The molecule has 0 spiro atoms. The molecule has 0 rings (SSSR count). The zero-order valence-corrected chi connectivity index (χ0v) is 5.30. The summed E-state index contributed by atoms with van der Waals surface area (Å²) in [6, 6.07) is 0. The van der Waals surface area contributed by atoms with Crippen molar-refractivity contribution < 1.29 is 15.1 Å². The Morgan fingerprint density at radius 3 is 2.44 bits per heavy atom. The van der Waals surface area contributed by atoms with Gasteiger partial charge in [0.1, 0.15) is 5.17 Å². The molecule has 0 saturated heterocycles. The number of hydrogen-bond acceptors (Lipinski definition) is 3. The lowest BCUT2D eigenvalue weighted by Crippen LogP contribution is -1.97. The third-order valence-electron chi connectivity index (χ3n) is 0.654. The molecule has 0 radical (unpaired) electrons. The summed E-state index contributed by atoms with van der Waals surface area (Å²) in [4.78, 5) is 9.82. The van der Waals surface area contributed by atoms with E-state index >= 15 is 0 Å². The van der Waals surface area contributed by atoms with Crippen LogP contribution in [0.2, 0.25) is 0 Å². The zero-order valence-electron chi connectivity index (χ0n) is 4.54. The molecule has 0 heterocycles. The van der Waals surface area contributed by atoms with E-state index in [0.29, 0.717) is 0 Å². The van der Waals surface area contributed by atoms with E-state index in [0.717, 1.165) is 0 Å². The molecular formula is C4H6ClNO3. The lowest BCUT2D eigenvalue weighted by molar-refractivity contribution is -0.136. The lowest BCUT2D eigenvalue weighted by Gasteiger charge is -1.88. The number of oxime groups is 1. The molecule has 0 aliphatic rings. The van der Waals surface area contributed by atoms with Crippen LogP contribution in [0.4, 0.5) is 0 Å². The molecule has 5 heteroatoms. The van der Waals surface area contributed by atoms with Crippen molar-refractivity contribution in [3.63, 3.8) is 0 Å². The van der Waals surface area contributed by atoms with Gasteiger partial charge in [-0.25, -0.2) is 0 Å². The van der Waals surface area contributed by atoms with Crippen LogP contribution in [-0.2, 0) is 4.79 Å². The monoisotopic (exact) mass is 151 g/mol. The van der Waals surface area contributed by atoms with Crippen molar-refractivity contribution in [3.8, 4) is 0 Å². The third kappa shape index (κ3) is 5.10. The van der Waals surface area contributed by atoms with E-state index in [1.54, 1.807) is 0 Å². The number of rotatable bonds is 3. The quantitative estimate of drug-likeness (QED) is 0.357. The topological polar surface area (TPSA) is 69.9 Å². The largest absolute Gasteiger partial charge is 0.481 e. The number of carboxylic acid groups (broad SMARTS) is 1. The van der Waals surface area contributed by atoms with Crippen LogP contribution >= 0.6 is 11.6 Å². The van der Waals surface area contributed by atoms with E-state index in [2.05, 4.69) is 5.16 Å². The molecule has 0 aromatic heterocycles. The van der Waals surface area contributed by atoms with Crippen LogP contribution in [-0.4, -0.2) is 21.5 Å². The summed E-state index contributed by atoms with van der Waals surface area (Å²) < 4.78 is 0. The number of nitrogens with zero attached hydrogens (tertiary/aromatic N) is 1. The fraction of sp³-hybridized carbons (Fsp3) is 0.500. The minimum absolute atomic E-state index is 0.0768. The fourth-order valence-electron chi connectivity index (χ4n) is 0.260. The maximum Gasteiger partial charge on any atom is 0.303 e. The minimum Gasteiger partial charge on any atom is -0.481 e. The SMILES string of the molecule is O=C(O)CCC(Cl)=NO. The van der Waals surface area contributed by atoms with Crippen LogP contribution in [0.15, 0.2) is 5.16 Å². The van der Waals surface area contributed by atoms with E-state index in [9.17, 15) is 4.79 Å². The van der Waals surface area contributed by atoms with E-state index in [1.165, 1.54) is 0 Å².